The van der Waals surface area contributed by atoms with Gasteiger partial charge in [0, 0.05) is 19.6 Å². The molecule has 1 N–H and O–H groups in total. The van der Waals surface area contributed by atoms with Gasteiger partial charge in [0.05, 0.1) is 24.2 Å². The first kappa shape index (κ1) is 21.6. The zero-order valence-corrected chi connectivity index (χ0v) is 18.3. The summed E-state index contributed by atoms with van der Waals surface area (Å²) in [6.45, 7) is 2.15. The highest BCUT2D eigenvalue weighted by Crippen LogP contribution is 2.29. The van der Waals surface area contributed by atoms with Crippen LogP contribution in [0.25, 0.3) is 11.0 Å². The third-order valence-corrected chi connectivity index (χ3v) is 5.77. The van der Waals surface area contributed by atoms with Crippen LogP contribution >= 0.6 is 0 Å². The summed E-state index contributed by atoms with van der Waals surface area (Å²) in [5, 5.41) is 12.8. The topological polar surface area (TPSA) is 91.1 Å². The summed E-state index contributed by atoms with van der Waals surface area (Å²) >= 11 is 0. The Morgan fingerprint density at radius 2 is 1.78 bits per heavy atom. The zero-order chi connectivity index (χ0) is 22.3. The number of nitrogens with zero attached hydrogens (tertiary/aromatic N) is 4. The number of fused-ring (bicyclic) bond motifs is 1. The van der Waals surface area contributed by atoms with Gasteiger partial charge in [-0.2, -0.15) is 5.26 Å². The van der Waals surface area contributed by atoms with Crippen LogP contribution in [0.3, 0.4) is 0 Å². The van der Waals surface area contributed by atoms with Gasteiger partial charge in [-0.3, -0.25) is 4.79 Å². The van der Waals surface area contributed by atoms with E-state index in [2.05, 4.69) is 16.3 Å². The Balaban J connectivity index is 1.54. The number of carbonyl (C=O) groups excluding carboxylic acids is 1. The molecule has 7 heteroatoms. The lowest BCUT2D eigenvalue weighted by molar-refractivity contribution is -0.121. The zero-order valence-electron chi connectivity index (χ0n) is 18.3. The number of aromatic nitrogens is 2. The quantitative estimate of drug-likeness (QED) is 0.617. The van der Waals surface area contributed by atoms with Gasteiger partial charge in [0.1, 0.15) is 11.4 Å². The van der Waals surface area contributed by atoms with Gasteiger partial charge >= 0.3 is 0 Å². The summed E-state index contributed by atoms with van der Waals surface area (Å²) < 4.78 is 5.18. The fraction of sp³-hybridized carbons (Fsp3) is 0.360. The number of hydrogen-bond acceptors (Lipinski definition) is 6. The number of piperidine rings is 1. The molecule has 1 aliphatic heterocycles. The number of nitriles is 1. The summed E-state index contributed by atoms with van der Waals surface area (Å²) in [6.07, 6.45) is 3.98. The first-order chi connectivity index (χ1) is 15.7. The SMILES string of the molecule is COc1ccc(CCNC(=O)[C@@H](C#N)c2nc3ccccc3nc2N2CCCCC2)cc1. The molecule has 1 aliphatic rings. The molecule has 0 spiro atoms. The van der Waals surface area contributed by atoms with Gasteiger partial charge in [-0.15, -0.1) is 0 Å². The van der Waals surface area contributed by atoms with Gasteiger partial charge in [0.15, 0.2) is 11.7 Å². The highest BCUT2D eigenvalue weighted by molar-refractivity contribution is 5.88. The first-order valence-corrected chi connectivity index (χ1v) is 11.0. The predicted octanol–water partition coefficient (Wildman–Crippen LogP) is 3.59. The minimum Gasteiger partial charge on any atom is -0.497 e. The van der Waals surface area contributed by atoms with Gasteiger partial charge in [-0.05, 0) is 55.5 Å². The second-order valence-electron chi connectivity index (χ2n) is 7.92. The van der Waals surface area contributed by atoms with Crippen molar-refractivity contribution in [2.24, 2.45) is 0 Å². The van der Waals surface area contributed by atoms with Crippen molar-refractivity contribution in [2.75, 3.05) is 31.6 Å². The third-order valence-electron chi connectivity index (χ3n) is 5.77. The van der Waals surface area contributed by atoms with E-state index in [1.165, 1.54) is 6.42 Å². The Labute approximate surface area is 188 Å². The summed E-state index contributed by atoms with van der Waals surface area (Å²) in [4.78, 5) is 24.7. The van der Waals surface area contributed by atoms with Gasteiger partial charge in [-0.25, -0.2) is 9.97 Å². The number of methoxy groups -OCH3 is 1. The summed E-state index contributed by atoms with van der Waals surface area (Å²) in [5.74, 6) is 0.0893. The van der Waals surface area contributed by atoms with Crippen molar-refractivity contribution in [1.82, 2.24) is 15.3 Å². The van der Waals surface area contributed by atoms with E-state index in [9.17, 15) is 10.1 Å². The van der Waals surface area contributed by atoms with E-state index in [1.807, 2.05) is 48.5 Å². The Bertz CT molecular complexity index is 1120. The smallest absolute Gasteiger partial charge is 0.243 e. The highest BCUT2D eigenvalue weighted by atomic mass is 16.5. The van der Waals surface area contributed by atoms with Gasteiger partial charge in [-0.1, -0.05) is 24.3 Å². The van der Waals surface area contributed by atoms with E-state index in [4.69, 9.17) is 14.7 Å². The standard InChI is InChI=1S/C25H27N5O2/c1-32-19-11-9-18(10-12-19)13-14-27-25(31)20(17-26)23-24(30-15-5-2-6-16-30)29-22-8-4-3-7-21(22)28-23/h3-4,7-12,20H,2,5-6,13-16H2,1H3,(H,27,31)/t20-/m0/s1. The number of rotatable bonds is 7. The summed E-state index contributed by atoms with van der Waals surface area (Å²) in [6, 6.07) is 17.5. The van der Waals surface area contributed by atoms with Crippen LogP contribution in [0.2, 0.25) is 0 Å². The summed E-state index contributed by atoms with van der Waals surface area (Å²) in [5.41, 5.74) is 2.98. The normalized spacial score (nSPS) is 14.6. The van der Waals surface area contributed by atoms with E-state index in [0.717, 1.165) is 42.8 Å². The fourth-order valence-corrected chi connectivity index (χ4v) is 4.00. The highest BCUT2D eigenvalue weighted by Gasteiger charge is 2.29. The van der Waals surface area contributed by atoms with Gasteiger partial charge < -0.3 is 15.0 Å². The monoisotopic (exact) mass is 429 g/mol. The number of hydrogen-bond donors (Lipinski definition) is 1. The van der Waals surface area contributed by atoms with Crippen molar-refractivity contribution in [3.8, 4) is 11.8 Å². The van der Waals surface area contributed by atoms with E-state index in [0.29, 0.717) is 30.0 Å². The molecule has 4 rings (SSSR count). The molecule has 2 heterocycles. The van der Waals surface area contributed by atoms with Crippen LogP contribution in [0.4, 0.5) is 5.82 Å². The Kier molecular flexibility index (Phi) is 6.81. The van der Waals surface area contributed by atoms with Crippen LogP contribution < -0.4 is 15.0 Å². The average molecular weight is 430 g/mol. The largest absolute Gasteiger partial charge is 0.497 e. The fourth-order valence-electron chi connectivity index (χ4n) is 4.00. The molecule has 3 aromatic rings. The van der Waals surface area contributed by atoms with E-state index in [1.54, 1.807) is 7.11 Å². The van der Waals surface area contributed by atoms with Crippen molar-refractivity contribution >= 4 is 22.8 Å². The lowest BCUT2D eigenvalue weighted by Crippen LogP contribution is -2.35. The van der Waals surface area contributed by atoms with Crippen LogP contribution in [0, 0.1) is 11.3 Å². The van der Waals surface area contributed by atoms with Crippen LogP contribution in [0.15, 0.2) is 48.5 Å². The number of para-hydroxylation sites is 2. The average Bonchev–Trinajstić information content (AvgIpc) is 2.85. The maximum atomic E-state index is 13.0. The summed E-state index contributed by atoms with van der Waals surface area (Å²) in [7, 11) is 1.63. The molecule has 164 valence electrons. The molecule has 0 bridgehead atoms. The molecule has 0 saturated carbocycles. The van der Waals surface area contributed by atoms with E-state index in [-0.39, 0.29) is 5.91 Å². The molecule has 2 aromatic carbocycles. The molecule has 0 unspecified atom stereocenters. The van der Waals surface area contributed by atoms with Gasteiger partial charge in [0.2, 0.25) is 5.91 Å². The van der Waals surface area contributed by atoms with E-state index >= 15 is 0 Å². The van der Waals surface area contributed by atoms with E-state index < -0.39 is 5.92 Å². The minimum absolute atomic E-state index is 0.344. The maximum absolute atomic E-state index is 13.0. The molecular weight excluding hydrogens is 402 g/mol. The van der Waals surface area contributed by atoms with Gasteiger partial charge in [0.25, 0.3) is 0 Å². The van der Waals surface area contributed by atoms with Crippen LogP contribution in [0.1, 0.15) is 36.4 Å². The van der Waals surface area contributed by atoms with Crippen molar-refractivity contribution in [3.63, 3.8) is 0 Å². The Morgan fingerprint density at radius 1 is 1.09 bits per heavy atom. The number of ether oxygens (including phenoxy) is 1. The molecule has 32 heavy (non-hydrogen) atoms. The molecule has 1 aromatic heterocycles. The number of benzene rings is 2. The molecule has 1 atom stereocenters. The number of carbonyl (C=O) groups is 1. The second kappa shape index (κ2) is 10.1. The maximum Gasteiger partial charge on any atom is 0.243 e. The molecule has 0 radical (unpaired) electrons. The van der Waals surface area contributed by atoms with Crippen LogP contribution in [-0.4, -0.2) is 42.6 Å². The second-order valence-corrected chi connectivity index (χ2v) is 7.92. The number of anilines is 1. The minimum atomic E-state index is -1.01. The molecule has 1 amide bonds. The first-order valence-electron chi connectivity index (χ1n) is 11.0. The lowest BCUT2D eigenvalue weighted by atomic mass is 10.0. The number of nitrogens with one attached hydrogen (secondary N) is 1. The lowest BCUT2D eigenvalue weighted by Gasteiger charge is -2.29. The molecule has 1 saturated heterocycles. The van der Waals surface area contributed by atoms with Crippen LogP contribution in [-0.2, 0) is 11.2 Å². The number of amides is 1. The van der Waals surface area contributed by atoms with Crippen molar-refractivity contribution < 1.29 is 9.53 Å². The third kappa shape index (κ3) is 4.80. The molecule has 7 nitrogen and oxygen atoms in total. The Hall–Kier alpha value is -3.66. The van der Waals surface area contributed by atoms with Crippen molar-refractivity contribution in [3.05, 3.63) is 59.8 Å². The Morgan fingerprint density at radius 3 is 2.44 bits per heavy atom. The molecular formula is C25H27N5O2. The molecule has 0 aliphatic carbocycles. The predicted molar refractivity (Wildman–Crippen MR) is 124 cm³/mol. The van der Waals surface area contributed by atoms with Crippen molar-refractivity contribution in [1.29, 1.82) is 5.26 Å². The van der Waals surface area contributed by atoms with Crippen molar-refractivity contribution in [2.45, 2.75) is 31.6 Å². The molecule has 1 fully saturated rings. The van der Waals surface area contributed by atoms with Crippen LogP contribution in [0.5, 0.6) is 5.75 Å².